The number of ether oxygens (including phenoxy) is 1. The molecule has 0 bridgehead atoms. The maximum absolute atomic E-state index is 12.0. The third-order valence-electron chi connectivity index (χ3n) is 2.69. The van der Waals surface area contributed by atoms with E-state index in [1.54, 1.807) is 29.1 Å². The minimum absolute atomic E-state index is 0.176. The zero-order chi connectivity index (χ0) is 14.4. The fraction of sp³-hybridized carbons (Fsp3) is 0.286. The third-order valence-corrected chi connectivity index (χ3v) is 2.69. The average Bonchev–Trinajstić information content (AvgIpc) is 2.91. The number of nitrogens with zero attached hydrogens (tertiary/aromatic N) is 2. The fourth-order valence-corrected chi connectivity index (χ4v) is 1.82. The van der Waals surface area contributed by atoms with Gasteiger partial charge in [-0.15, -0.1) is 0 Å². The highest BCUT2D eigenvalue weighted by molar-refractivity contribution is 5.95. The second-order valence-corrected chi connectivity index (χ2v) is 4.25. The van der Waals surface area contributed by atoms with E-state index in [4.69, 9.17) is 10.5 Å². The Morgan fingerprint density at radius 2 is 2.30 bits per heavy atom. The molecule has 0 aliphatic heterocycles. The summed E-state index contributed by atoms with van der Waals surface area (Å²) in [7, 11) is 0. The lowest BCUT2D eigenvalue weighted by atomic mass is 10.1. The van der Waals surface area contributed by atoms with E-state index in [-0.39, 0.29) is 5.91 Å². The second-order valence-electron chi connectivity index (χ2n) is 4.25. The molecule has 1 aromatic carbocycles. The van der Waals surface area contributed by atoms with Crippen LogP contribution in [0.4, 0.5) is 5.69 Å². The molecule has 6 nitrogen and oxygen atoms in total. The monoisotopic (exact) mass is 274 g/mol. The van der Waals surface area contributed by atoms with E-state index in [9.17, 15) is 4.79 Å². The maximum atomic E-state index is 12.0. The van der Waals surface area contributed by atoms with Crippen molar-refractivity contribution in [1.29, 1.82) is 0 Å². The topological polar surface area (TPSA) is 82.2 Å². The number of hydrogen-bond acceptors (Lipinski definition) is 4. The predicted molar refractivity (Wildman–Crippen MR) is 76.6 cm³/mol. The Morgan fingerprint density at radius 3 is 3.00 bits per heavy atom. The number of carbonyl (C=O) groups is 1. The van der Waals surface area contributed by atoms with Gasteiger partial charge in [0, 0.05) is 36.3 Å². The highest BCUT2D eigenvalue weighted by Gasteiger charge is 2.08. The average molecular weight is 274 g/mol. The van der Waals surface area contributed by atoms with Crippen LogP contribution >= 0.6 is 0 Å². The molecule has 2 rings (SSSR count). The number of benzene rings is 1. The molecule has 0 aliphatic carbocycles. The Morgan fingerprint density at radius 1 is 1.45 bits per heavy atom. The molecule has 0 spiro atoms. The van der Waals surface area contributed by atoms with Gasteiger partial charge in [0.05, 0.1) is 13.2 Å². The zero-order valence-electron chi connectivity index (χ0n) is 11.4. The largest absolute Gasteiger partial charge is 0.494 e. The molecule has 0 radical (unpaired) electrons. The molecule has 1 amide bonds. The SMILES string of the molecule is CCOc1cc(N)cc(C(=O)NCCn2cccn2)c1. The summed E-state index contributed by atoms with van der Waals surface area (Å²) in [6.07, 6.45) is 3.55. The summed E-state index contributed by atoms with van der Waals surface area (Å²) < 4.78 is 7.12. The van der Waals surface area contributed by atoms with Gasteiger partial charge in [-0.1, -0.05) is 0 Å². The first-order valence-electron chi connectivity index (χ1n) is 6.48. The van der Waals surface area contributed by atoms with Crippen molar-refractivity contribution >= 4 is 11.6 Å². The quantitative estimate of drug-likeness (QED) is 0.778. The molecule has 0 saturated heterocycles. The van der Waals surface area contributed by atoms with Crippen molar-refractivity contribution in [3.63, 3.8) is 0 Å². The van der Waals surface area contributed by atoms with Gasteiger partial charge in [-0.25, -0.2) is 0 Å². The van der Waals surface area contributed by atoms with E-state index in [2.05, 4.69) is 10.4 Å². The van der Waals surface area contributed by atoms with E-state index in [1.807, 2.05) is 19.2 Å². The van der Waals surface area contributed by atoms with Crippen LogP contribution in [-0.2, 0) is 6.54 Å². The molecule has 6 heteroatoms. The summed E-state index contributed by atoms with van der Waals surface area (Å²) in [6.45, 7) is 3.54. The van der Waals surface area contributed by atoms with Crippen LogP contribution in [0.2, 0.25) is 0 Å². The highest BCUT2D eigenvalue weighted by atomic mass is 16.5. The van der Waals surface area contributed by atoms with Gasteiger partial charge in [-0.3, -0.25) is 9.48 Å². The number of nitrogen functional groups attached to an aromatic ring is 1. The zero-order valence-corrected chi connectivity index (χ0v) is 11.4. The van der Waals surface area contributed by atoms with Crippen LogP contribution in [0.15, 0.2) is 36.7 Å². The molecule has 1 aromatic heterocycles. The van der Waals surface area contributed by atoms with E-state index < -0.39 is 0 Å². The Bertz CT molecular complexity index is 567. The summed E-state index contributed by atoms with van der Waals surface area (Å²) in [5, 5.41) is 6.89. The van der Waals surface area contributed by atoms with E-state index >= 15 is 0 Å². The lowest BCUT2D eigenvalue weighted by Crippen LogP contribution is -2.27. The Kier molecular flexibility index (Phi) is 4.60. The van der Waals surface area contributed by atoms with Crippen molar-refractivity contribution in [1.82, 2.24) is 15.1 Å². The first-order valence-corrected chi connectivity index (χ1v) is 6.48. The minimum atomic E-state index is -0.176. The van der Waals surface area contributed by atoms with Gasteiger partial charge in [0.15, 0.2) is 0 Å². The van der Waals surface area contributed by atoms with E-state index in [0.717, 1.165) is 0 Å². The maximum Gasteiger partial charge on any atom is 0.251 e. The number of nitrogens with one attached hydrogen (secondary N) is 1. The van der Waals surface area contributed by atoms with Gasteiger partial charge in [-0.2, -0.15) is 5.10 Å². The lowest BCUT2D eigenvalue weighted by Gasteiger charge is -2.09. The highest BCUT2D eigenvalue weighted by Crippen LogP contribution is 2.18. The fourth-order valence-electron chi connectivity index (χ4n) is 1.82. The van der Waals surface area contributed by atoms with Gasteiger partial charge in [0.25, 0.3) is 5.91 Å². The van der Waals surface area contributed by atoms with E-state index in [0.29, 0.717) is 36.7 Å². The minimum Gasteiger partial charge on any atom is -0.494 e. The van der Waals surface area contributed by atoms with Gasteiger partial charge in [0.1, 0.15) is 5.75 Å². The van der Waals surface area contributed by atoms with Crippen LogP contribution in [0.3, 0.4) is 0 Å². The third kappa shape index (κ3) is 3.74. The number of aromatic nitrogens is 2. The molecule has 1 heterocycles. The molecule has 2 aromatic rings. The molecular formula is C14H18N4O2. The van der Waals surface area contributed by atoms with Gasteiger partial charge in [-0.05, 0) is 25.1 Å². The predicted octanol–water partition coefficient (Wildman–Crippen LogP) is 1.29. The molecule has 106 valence electrons. The molecule has 0 unspecified atom stereocenters. The standard InChI is InChI=1S/C14H18N4O2/c1-2-20-13-9-11(8-12(15)10-13)14(19)16-5-7-18-6-3-4-17-18/h3-4,6,8-10H,2,5,7,15H2,1H3,(H,16,19). The van der Waals surface area contributed by atoms with E-state index in [1.165, 1.54) is 0 Å². The van der Waals surface area contributed by atoms with Crippen molar-refractivity contribution < 1.29 is 9.53 Å². The number of nitrogens with two attached hydrogens (primary N) is 1. The molecule has 0 fully saturated rings. The van der Waals surface area contributed by atoms with Crippen LogP contribution in [0.5, 0.6) is 5.75 Å². The van der Waals surface area contributed by atoms with Crippen LogP contribution in [0.1, 0.15) is 17.3 Å². The first-order chi connectivity index (χ1) is 9.69. The molecule has 20 heavy (non-hydrogen) atoms. The second kappa shape index (κ2) is 6.60. The summed E-state index contributed by atoms with van der Waals surface area (Å²) in [4.78, 5) is 12.0. The van der Waals surface area contributed by atoms with Crippen LogP contribution < -0.4 is 15.8 Å². The molecule has 3 N–H and O–H groups in total. The van der Waals surface area contributed by atoms with Crippen LogP contribution in [0, 0.1) is 0 Å². The van der Waals surface area contributed by atoms with Gasteiger partial charge < -0.3 is 15.8 Å². The summed E-state index contributed by atoms with van der Waals surface area (Å²) >= 11 is 0. The van der Waals surface area contributed by atoms with Crippen molar-refractivity contribution in [2.24, 2.45) is 0 Å². The summed E-state index contributed by atoms with van der Waals surface area (Å²) in [5.41, 5.74) is 6.76. The first kappa shape index (κ1) is 13.9. The lowest BCUT2D eigenvalue weighted by molar-refractivity contribution is 0.0951. The molecular weight excluding hydrogens is 256 g/mol. The summed E-state index contributed by atoms with van der Waals surface area (Å²) in [6, 6.07) is 6.85. The van der Waals surface area contributed by atoms with Gasteiger partial charge in [0.2, 0.25) is 0 Å². The Labute approximate surface area is 117 Å². The number of carbonyl (C=O) groups excluding carboxylic acids is 1. The van der Waals surface area contributed by atoms with Crippen molar-refractivity contribution in [3.8, 4) is 5.75 Å². The van der Waals surface area contributed by atoms with Crippen molar-refractivity contribution in [2.45, 2.75) is 13.5 Å². The number of anilines is 1. The molecule has 0 atom stereocenters. The Hall–Kier alpha value is -2.50. The Balaban J connectivity index is 1.94. The normalized spacial score (nSPS) is 10.2. The van der Waals surface area contributed by atoms with Crippen LogP contribution in [-0.4, -0.2) is 28.8 Å². The smallest absolute Gasteiger partial charge is 0.251 e. The number of rotatable bonds is 6. The number of hydrogen-bond donors (Lipinski definition) is 2. The van der Waals surface area contributed by atoms with Crippen molar-refractivity contribution in [3.05, 3.63) is 42.2 Å². The number of amides is 1. The molecule has 0 aliphatic rings. The van der Waals surface area contributed by atoms with Crippen LogP contribution in [0.25, 0.3) is 0 Å². The van der Waals surface area contributed by atoms with Gasteiger partial charge >= 0.3 is 0 Å². The summed E-state index contributed by atoms with van der Waals surface area (Å²) in [5.74, 6) is 0.426. The molecule has 0 saturated carbocycles. The van der Waals surface area contributed by atoms with Crippen molar-refractivity contribution in [2.75, 3.05) is 18.9 Å².